The van der Waals surface area contributed by atoms with Gasteiger partial charge in [-0.15, -0.1) is 12.3 Å². The summed E-state index contributed by atoms with van der Waals surface area (Å²) in [4.78, 5) is 62.5. The molecular formula is C78H99F3N8O6. The molecule has 0 saturated carbocycles. The number of terminal acetylenes is 1. The summed E-state index contributed by atoms with van der Waals surface area (Å²) in [5.74, 6) is 4.05. The van der Waals surface area contributed by atoms with Gasteiger partial charge >= 0.3 is 18.2 Å². The minimum atomic E-state index is -4.51. The SMILES string of the molecule is C#CCCCN1CCC(N(Cc2ccccc2CC(=O)/C=C/C)C(=O)Nc2cccc(C(F)(F)F)c2)CC1.CCCC(C)N1CCC(N(Cc2ccccc2)C(=O)Nc2ccc(OC)cc2OC)CC1.CCc1ccc(C(=O)N2CCC(NCc3ccc(C)cc3)CC2)cc1. The Morgan fingerprint density at radius 3 is 1.95 bits per heavy atom. The number of rotatable bonds is 24. The van der Waals surface area contributed by atoms with E-state index in [9.17, 15) is 32.3 Å². The molecule has 3 heterocycles. The molecule has 0 spiro atoms. The van der Waals surface area contributed by atoms with Gasteiger partial charge in [0.15, 0.2) is 5.78 Å². The van der Waals surface area contributed by atoms with Crippen LogP contribution in [0.25, 0.3) is 0 Å². The van der Waals surface area contributed by atoms with Crippen LogP contribution in [-0.4, -0.2) is 132 Å². The number of ketones is 1. The van der Waals surface area contributed by atoms with E-state index in [-0.39, 0.29) is 48.5 Å². The second-order valence-corrected chi connectivity index (χ2v) is 24.9. The number of urea groups is 2. The number of likely N-dealkylation sites (tertiary alicyclic amines) is 3. The zero-order valence-corrected chi connectivity index (χ0v) is 56.8. The van der Waals surface area contributed by atoms with Crippen molar-refractivity contribution in [2.45, 2.75) is 162 Å². The molecule has 0 radical (unpaired) electrons. The van der Waals surface area contributed by atoms with E-state index in [2.05, 4.69) is 108 Å². The highest BCUT2D eigenvalue weighted by atomic mass is 19.4. The highest BCUT2D eigenvalue weighted by molar-refractivity contribution is 5.94. The van der Waals surface area contributed by atoms with Crippen LogP contribution in [0.3, 0.4) is 0 Å². The van der Waals surface area contributed by atoms with E-state index in [0.717, 1.165) is 138 Å². The van der Waals surface area contributed by atoms with Gasteiger partial charge in [0, 0.05) is 113 Å². The topological polar surface area (TPSA) is 139 Å². The first kappa shape index (κ1) is 74.0. The van der Waals surface area contributed by atoms with Gasteiger partial charge in [-0.3, -0.25) is 9.59 Å². The second kappa shape index (κ2) is 38.2. The number of piperidine rings is 3. The Hall–Kier alpha value is -8.43. The maximum absolute atomic E-state index is 13.5. The predicted octanol–water partition coefficient (Wildman–Crippen LogP) is 15.6. The van der Waals surface area contributed by atoms with Crippen LogP contribution in [0.2, 0.25) is 0 Å². The molecule has 0 aromatic heterocycles. The zero-order chi connectivity index (χ0) is 68.1. The number of hydrogen-bond donors (Lipinski definition) is 3. The highest BCUT2D eigenvalue weighted by Gasteiger charge is 2.34. The maximum Gasteiger partial charge on any atom is 0.416 e. The summed E-state index contributed by atoms with van der Waals surface area (Å²) in [7, 11) is 3.21. The lowest BCUT2D eigenvalue weighted by Gasteiger charge is -2.40. The molecule has 9 rings (SSSR count). The van der Waals surface area contributed by atoms with Crippen LogP contribution < -0.4 is 25.4 Å². The van der Waals surface area contributed by atoms with Crippen molar-refractivity contribution in [3.63, 3.8) is 0 Å². The number of halogens is 3. The van der Waals surface area contributed by atoms with Crippen LogP contribution in [0, 0.1) is 19.3 Å². The molecule has 508 valence electrons. The first-order valence-electron chi connectivity index (χ1n) is 33.8. The Bertz CT molecular complexity index is 3410. The lowest BCUT2D eigenvalue weighted by molar-refractivity contribution is -0.137. The van der Waals surface area contributed by atoms with E-state index in [4.69, 9.17) is 15.9 Å². The van der Waals surface area contributed by atoms with E-state index >= 15 is 0 Å². The van der Waals surface area contributed by atoms with Gasteiger partial charge in [0.05, 0.1) is 25.5 Å². The number of allylic oxidation sites excluding steroid dienone is 2. The van der Waals surface area contributed by atoms with E-state index in [1.807, 2.05) is 76.5 Å². The summed E-state index contributed by atoms with van der Waals surface area (Å²) >= 11 is 0. The van der Waals surface area contributed by atoms with Crippen molar-refractivity contribution in [3.05, 3.63) is 202 Å². The van der Waals surface area contributed by atoms with Gasteiger partial charge in [0.1, 0.15) is 11.5 Å². The standard InChI is InChI=1S/C30H34F3N3O2.C26H37N3O3.C22H28N2O/c1-3-5-8-17-35-18-15-27(16-19-35)36(22-24-12-7-6-11-23(24)20-28(37)10-4-2)29(38)34-26-14-9-13-25(21-26)30(31,32)33;1-5-9-20(2)28-16-14-22(15-17-28)29(19-21-10-7-6-8-11-21)26(30)27-24-13-12-23(31-3)18-25(24)32-4;1-3-18-8-10-20(11-9-18)22(25)24-14-12-21(13-15-24)23-16-19-6-4-17(2)5-7-19/h1,4,6-7,9-14,21,27H,5,8,15-20,22H2,2H3,(H,34,38);6-8,10-13,18,20,22H,5,9,14-17,19H2,1-4H3,(H,27,30);4-11,21,23H,3,12-16H2,1-2H3/b10-4+;;. The number of nitrogens with zero attached hydrogens (tertiary/aromatic N) is 5. The molecule has 3 fully saturated rings. The monoisotopic (exact) mass is 1300 g/mol. The molecule has 6 aromatic carbocycles. The van der Waals surface area contributed by atoms with E-state index in [1.54, 1.807) is 38.2 Å². The molecule has 95 heavy (non-hydrogen) atoms. The van der Waals surface area contributed by atoms with E-state index in [1.165, 1.54) is 47.7 Å². The first-order chi connectivity index (χ1) is 45.9. The molecule has 17 heteroatoms. The van der Waals surface area contributed by atoms with Crippen LogP contribution in [0.15, 0.2) is 158 Å². The maximum atomic E-state index is 13.5. The molecule has 1 atom stereocenters. The Labute approximate surface area is 562 Å². The van der Waals surface area contributed by atoms with Crippen LogP contribution >= 0.6 is 0 Å². The second-order valence-electron chi connectivity index (χ2n) is 24.9. The van der Waals surface area contributed by atoms with Gasteiger partial charge in [-0.05, 0) is 161 Å². The molecule has 6 aromatic rings. The van der Waals surface area contributed by atoms with Crippen molar-refractivity contribution in [2.75, 3.05) is 70.7 Å². The number of unbranched alkanes of at least 4 members (excludes halogenated alkanes) is 1. The molecular weight excluding hydrogens is 1200 g/mol. The Morgan fingerprint density at radius 2 is 1.33 bits per heavy atom. The summed E-state index contributed by atoms with van der Waals surface area (Å²) in [5.41, 5.74) is 7.38. The average molecular weight is 1300 g/mol. The molecule has 3 saturated heterocycles. The fourth-order valence-electron chi connectivity index (χ4n) is 12.5. The number of alkyl halides is 3. The number of nitrogens with one attached hydrogen (secondary N) is 3. The van der Waals surface area contributed by atoms with Gasteiger partial charge in [-0.25, -0.2) is 9.59 Å². The predicted molar refractivity (Wildman–Crippen MR) is 376 cm³/mol. The van der Waals surface area contributed by atoms with Gasteiger partial charge < -0.3 is 49.9 Å². The third kappa shape index (κ3) is 23.5. The van der Waals surface area contributed by atoms with Gasteiger partial charge in [-0.1, -0.05) is 129 Å². The van der Waals surface area contributed by atoms with Crippen LogP contribution in [0.1, 0.15) is 141 Å². The van der Waals surface area contributed by atoms with Crippen molar-refractivity contribution >= 4 is 35.1 Å². The third-order valence-electron chi connectivity index (χ3n) is 18.2. The number of amides is 5. The molecule has 5 amide bonds. The third-order valence-corrected chi connectivity index (χ3v) is 18.2. The van der Waals surface area contributed by atoms with Crippen LogP contribution in [-0.2, 0) is 43.4 Å². The quantitative estimate of drug-likeness (QED) is 0.0307. The Kier molecular flexibility index (Phi) is 29.7. The molecule has 0 aliphatic carbocycles. The minimum Gasteiger partial charge on any atom is -0.497 e. The lowest BCUT2D eigenvalue weighted by atomic mass is 9.98. The molecule has 1 unspecified atom stereocenters. The normalized spacial score (nSPS) is 15.3. The van der Waals surface area contributed by atoms with Crippen LogP contribution in [0.4, 0.5) is 34.1 Å². The van der Waals surface area contributed by atoms with E-state index in [0.29, 0.717) is 42.2 Å². The van der Waals surface area contributed by atoms with Crippen molar-refractivity contribution < 1.29 is 41.8 Å². The number of aryl methyl sites for hydroxylation is 2. The number of methoxy groups -OCH3 is 2. The molecule has 3 aliphatic rings. The Balaban J connectivity index is 0.000000205. The lowest BCUT2D eigenvalue weighted by Crippen LogP contribution is -2.50. The van der Waals surface area contributed by atoms with Gasteiger partial charge in [0.2, 0.25) is 0 Å². The van der Waals surface area contributed by atoms with Crippen LogP contribution in [0.5, 0.6) is 11.5 Å². The van der Waals surface area contributed by atoms with Crippen molar-refractivity contribution in [1.29, 1.82) is 0 Å². The van der Waals surface area contributed by atoms with Crippen molar-refractivity contribution in [1.82, 2.24) is 29.8 Å². The smallest absolute Gasteiger partial charge is 0.416 e. The summed E-state index contributed by atoms with van der Waals surface area (Å²) in [6.07, 6.45) is 14.8. The number of ether oxygens (including phenoxy) is 2. The molecule has 3 N–H and O–H groups in total. The highest BCUT2D eigenvalue weighted by Crippen LogP contribution is 2.33. The fraction of sp³-hybridized carbons (Fsp3) is 0.436. The molecule has 0 bridgehead atoms. The number of hydrogen-bond acceptors (Lipinski definition) is 9. The summed E-state index contributed by atoms with van der Waals surface area (Å²) < 4.78 is 50.4. The average Bonchev–Trinajstić information content (AvgIpc) is 0.879. The minimum absolute atomic E-state index is 0.0415. The number of carbonyl (C=O) groups excluding carboxylic acids is 4. The molecule has 14 nitrogen and oxygen atoms in total. The first-order valence-corrected chi connectivity index (χ1v) is 33.8. The van der Waals surface area contributed by atoms with Gasteiger partial charge in [0.25, 0.3) is 5.91 Å². The molecule has 3 aliphatic heterocycles. The van der Waals surface area contributed by atoms with E-state index < -0.39 is 17.8 Å². The summed E-state index contributed by atoms with van der Waals surface area (Å²) in [6.45, 7) is 18.5. The number of carbonyl (C=O) groups is 4. The summed E-state index contributed by atoms with van der Waals surface area (Å²) in [5, 5.41) is 9.39. The summed E-state index contributed by atoms with van der Waals surface area (Å²) in [6, 6.07) is 45.1. The fourth-order valence-corrected chi connectivity index (χ4v) is 12.5. The Morgan fingerprint density at radius 1 is 0.695 bits per heavy atom. The van der Waals surface area contributed by atoms with Crippen molar-refractivity contribution in [2.24, 2.45) is 0 Å². The van der Waals surface area contributed by atoms with Crippen molar-refractivity contribution in [3.8, 4) is 23.8 Å². The largest absolute Gasteiger partial charge is 0.497 e. The number of benzene rings is 6. The number of anilines is 2. The van der Waals surface area contributed by atoms with Gasteiger partial charge in [-0.2, -0.15) is 13.2 Å². The zero-order valence-electron chi connectivity index (χ0n) is 56.8.